The predicted octanol–water partition coefficient (Wildman–Crippen LogP) is 2.07. The number of rotatable bonds is 7. The van der Waals surface area contributed by atoms with E-state index in [4.69, 9.17) is 4.74 Å². The van der Waals surface area contributed by atoms with Crippen molar-refractivity contribution in [3.63, 3.8) is 0 Å². The van der Waals surface area contributed by atoms with Gasteiger partial charge in [0.2, 0.25) is 0 Å². The van der Waals surface area contributed by atoms with Crippen LogP contribution in [0.5, 0.6) is 0 Å². The first-order valence-electron chi connectivity index (χ1n) is 5.55. The summed E-state index contributed by atoms with van der Waals surface area (Å²) in [5, 5.41) is 10.5. The van der Waals surface area contributed by atoms with Crippen molar-refractivity contribution < 1.29 is 19.2 Å². The van der Waals surface area contributed by atoms with Gasteiger partial charge in [-0.2, -0.15) is 0 Å². The second-order valence-corrected chi connectivity index (χ2v) is 4.51. The van der Waals surface area contributed by atoms with Crippen LogP contribution in [0.15, 0.2) is 24.3 Å². The van der Waals surface area contributed by atoms with Crippen molar-refractivity contribution in [2.75, 3.05) is 18.1 Å². The number of thioether (sulfide) groups is 1. The maximum Gasteiger partial charge on any atom is 0.315 e. The summed E-state index contributed by atoms with van der Waals surface area (Å²) in [6.45, 7) is 2.03. The number of carbonyl (C=O) groups excluding carboxylic acids is 2. The summed E-state index contributed by atoms with van der Waals surface area (Å²) >= 11 is 1.16. The fraction of sp³-hybridized carbons (Fsp3) is 0.333. The van der Waals surface area contributed by atoms with Crippen LogP contribution in [0, 0.1) is 10.1 Å². The number of esters is 1. The standard InChI is InChI=1S/C12H13NO5S/c1-2-18-12(15)8-19-7-11(14)9-3-5-10(6-4-9)13(16)17/h3-6H,2,7-8H2,1H3. The fourth-order valence-electron chi connectivity index (χ4n) is 1.28. The second kappa shape index (κ2) is 7.52. The Morgan fingerprint density at radius 1 is 1.26 bits per heavy atom. The minimum Gasteiger partial charge on any atom is -0.465 e. The molecule has 0 bridgehead atoms. The van der Waals surface area contributed by atoms with Crippen LogP contribution in [0.4, 0.5) is 5.69 Å². The van der Waals surface area contributed by atoms with Gasteiger partial charge in [0.15, 0.2) is 5.78 Å². The van der Waals surface area contributed by atoms with Crippen molar-refractivity contribution in [1.29, 1.82) is 0 Å². The number of ketones is 1. The van der Waals surface area contributed by atoms with E-state index >= 15 is 0 Å². The van der Waals surface area contributed by atoms with Crippen LogP contribution in [0.2, 0.25) is 0 Å². The summed E-state index contributed by atoms with van der Waals surface area (Å²) < 4.78 is 4.73. The highest BCUT2D eigenvalue weighted by molar-refractivity contribution is 8.00. The Morgan fingerprint density at radius 3 is 2.42 bits per heavy atom. The molecule has 0 aliphatic heterocycles. The molecule has 1 aromatic rings. The third-order valence-corrected chi connectivity index (χ3v) is 3.06. The lowest BCUT2D eigenvalue weighted by atomic mass is 10.1. The molecule has 0 aliphatic rings. The van der Waals surface area contributed by atoms with E-state index in [9.17, 15) is 19.7 Å². The van der Waals surface area contributed by atoms with Gasteiger partial charge in [0.25, 0.3) is 5.69 Å². The van der Waals surface area contributed by atoms with Crippen molar-refractivity contribution in [1.82, 2.24) is 0 Å². The molecule has 19 heavy (non-hydrogen) atoms. The number of nitro benzene ring substituents is 1. The van der Waals surface area contributed by atoms with E-state index in [1.54, 1.807) is 6.92 Å². The maximum absolute atomic E-state index is 11.7. The van der Waals surface area contributed by atoms with Crippen molar-refractivity contribution in [3.8, 4) is 0 Å². The zero-order chi connectivity index (χ0) is 14.3. The predicted molar refractivity (Wildman–Crippen MR) is 71.4 cm³/mol. The summed E-state index contributed by atoms with van der Waals surface area (Å²) in [6.07, 6.45) is 0. The largest absolute Gasteiger partial charge is 0.465 e. The molecule has 0 heterocycles. The summed E-state index contributed by atoms with van der Waals surface area (Å²) in [5.41, 5.74) is 0.331. The quantitative estimate of drug-likeness (QED) is 0.329. The molecule has 0 aromatic heterocycles. The van der Waals surface area contributed by atoms with Gasteiger partial charge in [-0.15, -0.1) is 11.8 Å². The molecule has 0 aliphatic carbocycles. The molecule has 7 heteroatoms. The monoisotopic (exact) mass is 283 g/mol. The molecule has 6 nitrogen and oxygen atoms in total. The van der Waals surface area contributed by atoms with E-state index in [1.165, 1.54) is 24.3 Å². The van der Waals surface area contributed by atoms with E-state index in [0.717, 1.165) is 11.8 Å². The molecule has 0 fully saturated rings. The molecule has 0 saturated heterocycles. The average Bonchev–Trinajstić information content (AvgIpc) is 2.39. The normalized spacial score (nSPS) is 9.95. The maximum atomic E-state index is 11.7. The van der Waals surface area contributed by atoms with Crippen LogP contribution in [-0.4, -0.2) is 34.8 Å². The summed E-state index contributed by atoms with van der Waals surface area (Å²) in [5.74, 6) is -0.281. The number of hydrogen-bond donors (Lipinski definition) is 0. The molecular weight excluding hydrogens is 270 g/mol. The Hall–Kier alpha value is -1.89. The molecule has 0 atom stereocenters. The summed E-state index contributed by atoms with van der Waals surface area (Å²) in [7, 11) is 0. The number of benzene rings is 1. The van der Waals surface area contributed by atoms with Gasteiger partial charge >= 0.3 is 5.97 Å². The van der Waals surface area contributed by atoms with Crippen LogP contribution < -0.4 is 0 Å². The molecule has 1 rings (SSSR count). The van der Waals surface area contributed by atoms with Crippen LogP contribution >= 0.6 is 11.8 Å². The van der Waals surface area contributed by atoms with Gasteiger partial charge in [-0.05, 0) is 19.1 Å². The molecule has 0 radical (unpaired) electrons. The molecular formula is C12H13NO5S. The molecule has 0 unspecified atom stereocenters. The first-order chi connectivity index (χ1) is 9.04. The van der Waals surface area contributed by atoms with Gasteiger partial charge in [-0.3, -0.25) is 19.7 Å². The third kappa shape index (κ3) is 5.09. The lowest BCUT2D eigenvalue weighted by Crippen LogP contribution is -2.10. The van der Waals surface area contributed by atoms with Gasteiger partial charge in [-0.25, -0.2) is 0 Å². The van der Waals surface area contributed by atoms with E-state index in [-0.39, 0.29) is 28.9 Å². The highest BCUT2D eigenvalue weighted by Gasteiger charge is 2.10. The number of ether oxygens (including phenoxy) is 1. The van der Waals surface area contributed by atoms with Crippen molar-refractivity contribution >= 4 is 29.2 Å². The number of nitrogens with zero attached hydrogens (tertiary/aromatic N) is 1. The molecule has 0 amide bonds. The number of hydrogen-bond acceptors (Lipinski definition) is 6. The lowest BCUT2D eigenvalue weighted by molar-refractivity contribution is -0.384. The van der Waals surface area contributed by atoms with Crippen LogP contribution in [0.3, 0.4) is 0 Å². The molecule has 0 saturated carbocycles. The Morgan fingerprint density at radius 2 is 1.89 bits per heavy atom. The van der Waals surface area contributed by atoms with Crippen molar-refractivity contribution in [2.45, 2.75) is 6.92 Å². The third-order valence-electron chi connectivity index (χ3n) is 2.16. The number of carbonyl (C=O) groups is 2. The van der Waals surface area contributed by atoms with Crippen LogP contribution in [0.25, 0.3) is 0 Å². The molecule has 1 aromatic carbocycles. The zero-order valence-electron chi connectivity index (χ0n) is 10.3. The second-order valence-electron chi connectivity index (χ2n) is 3.52. The topological polar surface area (TPSA) is 86.5 Å². The number of Topliss-reactive ketones (excluding diaryl/α,β-unsaturated/α-hetero) is 1. The fourth-order valence-corrected chi connectivity index (χ4v) is 1.99. The van der Waals surface area contributed by atoms with Gasteiger partial charge in [0, 0.05) is 17.7 Å². The Kier molecular flexibility index (Phi) is 6.01. The SMILES string of the molecule is CCOC(=O)CSCC(=O)c1ccc([N+](=O)[O-])cc1. The highest BCUT2D eigenvalue weighted by Crippen LogP contribution is 2.14. The smallest absolute Gasteiger partial charge is 0.315 e. The van der Waals surface area contributed by atoms with Gasteiger partial charge in [0.05, 0.1) is 23.0 Å². The Balaban J connectivity index is 2.45. The molecule has 0 N–H and O–H groups in total. The molecule has 102 valence electrons. The summed E-state index contributed by atoms with van der Waals surface area (Å²) in [4.78, 5) is 32.7. The summed E-state index contributed by atoms with van der Waals surface area (Å²) in [6, 6.07) is 5.38. The molecule has 0 spiro atoms. The highest BCUT2D eigenvalue weighted by atomic mass is 32.2. The Bertz CT molecular complexity index is 472. The zero-order valence-corrected chi connectivity index (χ0v) is 11.1. The van der Waals surface area contributed by atoms with Crippen LogP contribution in [-0.2, 0) is 9.53 Å². The number of non-ortho nitro benzene ring substituents is 1. The van der Waals surface area contributed by atoms with Crippen molar-refractivity contribution in [2.24, 2.45) is 0 Å². The first-order valence-corrected chi connectivity index (χ1v) is 6.71. The Labute approximate surface area is 114 Å². The van der Waals surface area contributed by atoms with E-state index < -0.39 is 4.92 Å². The van der Waals surface area contributed by atoms with Crippen LogP contribution in [0.1, 0.15) is 17.3 Å². The average molecular weight is 283 g/mol. The van der Waals surface area contributed by atoms with E-state index in [2.05, 4.69) is 0 Å². The lowest BCUT2D eigenvalue weighted by Gasteiger charge is -2.02. The minimum absolute atomic E-state index is 0.0595. The van der Waals surface area contributed by atoms with Gasteiger partial charge in [0.1, 0.15) is 0 Å². The van der Waals surface area contributed by atoms with Crippen molar-refractivity contribution in [3.05, 3.63) is 39.9 Å². The van der Waals surface area contributed by atoms with Gasteiger partial charge < -0.3 is 4.74 Å². The minimum atomic E-state index is -0.524. The van der Waals surface area contributed by atoms with E-state index in [0.29, 0.717) is 12.2 Å². The van der Waals surface area contributed by atoms with Gasteiger partial charge in [-0.1, -0.05) is 0 Å². The van der Waals surface area contributed by atoms with E-state index in [1.807, 2.05) is 0 Å². The number of nitro groups is 1. The first kappa shape index (κ1) is 15.2.